The van der Waals surface area contributed by atoms with Crippen molar-refractivity contribution in [3.8, 4) is 11.5 Å². The van der Waals surface area contributed by atoms with Crippen LogP contribution < -0.4 is 9.64 Å². The normalized spacial score (nSPS) is 10.2. The van der Waals surface area contributed by atoms with Crippen LogP contribution in [-0.4, -0.2) is 31.6 Å². The molecule has 0 heterocycles. The molecule has 5 heteroatoms. The molecule has 0 saturated heterocycles. The molecule has 0 saturated carbocycles. The molecule has 0 bridgehead atoms. The summed E-state index contributed by atoms with van der Waals surface area (Å²) in [6.07, 6.45) is 0. The Balaban J connectivity index is 2.12. The lowest BCUT2D eigenvalue weighted by Gasteiger charge is -2.19. The van der Waals surface area contributed by atoms with E-state index in [0.717, 1.165) is 23.6 Å². The molecule has 0 aliphatic carbocycles. The third-order valence-electron chi connectivity index (χ3n) is 3.15. The van der Waals surface area contributed by atoms with Crippen LogP contribution in [0.3, 0.4) is 0 Å². The Kier molecular flexibility index (Phi) is 4.42. The summed E-state index contributed by atoms with van der Waals surface area (Å²) in [6, 6.07) is 10.5. The first-order valence-electron chi connectivity index (χ1n) is 6.38. The molecule has 0 atom stereocenters. The topological polar surface area (TPSA) is 49.8 Å². The van der Waals surface area contributed by atoms with Crippen LogP contribution in [0, 0.1) is 5.82 Å². The molecule has 0 aliphatic heterocycles. The van der Waals surface area contributed by atoms with E-state index >= 15 is 0 Å². The molecule has 2 rings (SSSR count). The van der Waals surface area contributed by atoms with Gasteiger partial charge in [-0.3, -0.25) is 4.79 Å². The van der Waals surface area contributed by atoms with E-state index in [1.807, 2.05) is 12.1 Å². The van der Waals surface area contributed by atoms with E-state index < -0.39 is 5.82 Å². The van der Waals surface area contributed by atoms with Crippen molar-refractivity contribution >= 4 is 11.5 Å². The highest BCUT2D eigenvalue weighted by Crippen LogP contribution is 2.21. The smallest absolute Gasteiger partial charge is 0.185 e. The zero-order valence-corrected chi connectivity index (χ0v) is 11.8. The lowest BCUT2D eigenvalue weighted by molar-refractivity contribution is 0.0997. The molecule has 0 unspecified atom stereocenters. The second kappa shape index (κ2) is 6.26. The van der Waals surface area contributed by atoms with Crippen LogP contribution in [0.4, 0.5) is 10.1 Å². The number of ether oxygens (including phenoxy) is 1. The quantitative estimate of drug-likeness (QED) is 0.860. The Hall–Kier alpha value is -2.56. The zero-order chi connectivity index (χ0) is 15.4. The van der Waals surface area contributed by atoms with Crippen LogP contribution in [0.5, 0.6) is 11.5 Å². The largest absolute Gasteiger partial charge is 0.507 e. The average Bonchev–Trinajstić information content (AvgIpc) is 2.49. The van der Waals surface area contributed by atoms with Crippen LogP contribution >= 0.6 is 0 Å². The maximum Gasteiger partial charge on any atom is 0.185 e. The van der Waals surface area contributed by atoms with Gasteiger partial charge in [-0.15, -0.1) is 0 Å². The molecule has 2 aromatic rings. The maximum atomic E-state index is 13.2. The molecule has 4 nitrogen and oxygen atoms in total. The maximum absolute atomic E-state index is 13.2. The lowest BCUT2D eigenvalue weighted by atomic mass is 10.1. The molecule has 1 N–H and O–H groups in total. The predicted octanol–water partition coefficient (Wildman–Crippen LogP) is 2.86. The van der Waals surface area contributed by atoms with Crippen LogP contribution in [0.2, 0.25) is 0 Å². The van der Waals surface area contributed by atoms with Crippen molar-refractivity contribution in [2.75, 3.05) is 25.6 Å². The first-order valence-corrected chi connectivity index (χ1v) is 6.38. The lowest BCUT2D eigenvalue weighted by Crippen LogP contribution is -2.25. The fourth-order valence-corrected chi connectivity index (χ4v) is 1.96. The summed E-state index contributed by atoms with van der Waals surface area (Å²) >= 11 is 0. The minimum absolute atomic E-state index is 0.0182. The number of nitrogens with zero attached hydrogens (tertiary/aromatic N) is 1. The van der Waals surface area contributed by atoms with Gasteiger partial charge in [0.1, 0.15) is 17.3 Å². The van der Waals surface area contributed by atoms with Gasteiger partial charge >= 0.3 is 0 Å². The minimum Gasteiger partial charge on any atom is -0.507 e. The standard InChI is InChI=1S/C16H16FNO3/c1-18(12-4-6-13(21-2)7-5-12)10-16(20)14-9-11(17)3-8-15(14)19/h3-9,19H,10H2,1-2H3. The van der Waals surface area contributed by atoms with Gasteiger partial charge < -0.3 is 14.7 Å². The van der Waals surface area contributed by atoms with Gasteiger partial charge in [0, 0.05) is 12.7 Å². The molecule has 0 aromatic heterocycles. The molecule has 21 heavy (non-hydrogen) atoms. The highest BCUT2D eigenvalue weighted by Gasteiger charge is 2.15. The predicted molar refractivity (Wildman–Crippen MR) is 78.7 cm³/mol. The van der Waals surface area contributed by atoms with Gasteiger partial charge in [-0.1, -0.05) is 0 Å². The third kappa shape index (κ3) is 3.51. The van der Waals surface area contributed by atoms with Crippen molar-refractivity contribution in [1.82, 2.24) is 0 Å². The highest BCUT2D eigenvalue weighted by atomic mass is 19.1. The van der Waals surface area contributed by atoms with Gasteiger partial charge in [-0.05, 0) is 42.5 Å². The number of rotatable bonds is 5. The molecule has 110 valence electrons. The van der Waals surface area contributed by atoms with Crippen molar-refractivity contribution < 1.29 is 19.0 Å². The molecule has 0 radical (unpaired) electrons. The number of benzene rings is 2. The van der Waals surface area contributed by atoms with E-state index in [1.54, 1.807) is 31.2 Å². The van der Waals surface area contributed by atoms with Gasteiger partial charge in [0.05, 0.1) is 19.2 Å². The van der Waals surface area contributed by atoms with E-state index in [0.29, 0.717) is 0 Å². The van der Waals surface area contributed by atoms with Crippen molar-refractivity contribution in [3.63, 3.8) is 0 Å². The van der Waals surface area contributed by atoms with Crippen LogP contribution in [-0.2, 0) is 0 Å². The number of hydrogen-bond donors (Lipinski definition) is 1. The Morgan fingerprint density at radius 2 is 1.90 bits per heavy atom. The summed E-state index contributed by atoms with van der Waals surface area (Å²) in [5, 5.41) is 9.63. The summed E-state index contributed by atoms with van der Waals surface area (Å²) in [6.45, 7) is 0.0311. The van der Waals surface area contributed by atoms with E-state index in [9.17, 15) is 14.3 Å². The molecule has 0 aliphatic rings. The number of carbonyl (C=O) groups excluding carboxylic acids is 1. The molecule has 0 amide bonds. The van der Waals surface area contributed by atoms with Crippen molar-refractivity contribution in [2.45, 2.75) is 0 Å². The third-order valence-corrected chi connectivity index (χ3v) is 3.15. The van der Waals surface area contributed by atoms with Crippen molar-refractivity contribution in [1.29, 1.82) is 0 Å². The number of ketones is 1. The Labute approximate surface area is 122 Å². The second-order valence-corrected chi connectivity index (χ2v) is 4.64. The summed E-state index contributed by atoms with van der Waals surface area (Å²) in [5.41, 5.74) is 0.801. The first kappa shape index (κ1) is 14.8. The molecule has 0 spiro atoms. The fourth-order valence-electron chi connectivity index (χ4n) is 1.96. The summed E-state index contributed by atoms with van der Waals surface area (Å²) < 4.78 is 18.2. The number of Topliss-reactive ketones (excluding diaryl/α,β-unsaturated/α-hetero) is 1. The molecule has 2 aromatic carbocycles. The summed E-state index contributed by atoms with van der Waals surface area (Å²) in [4.78, 5) is 13.8. The number of halogens is 1. The van der Waals surface area contributed by atoms with E-state index in [-0.39, 0.29) is 23.6 Å². The fraction of sp³-hybridized carbons (Fsp3) is 0.188. The average molecular weight is 289 g/mol. The SMILES string of the molecule is COc1ccc(N(C)CC(=O)c2cc(F)ccc2O)cc1. The Bertz CT molecular complexity index is 640. The number of phenolic OH excluding ortho intramolecular Hbond substituents is 1. The van der Waals surface area contributed by atoms with Gasteiger partial charge in [-0.2, -0.15) is 0 Å². The van der Waals surface area contributed by atoms with E-state index in [2.05, 4.69) is 0 Å². The van der Waals surface area contributed by atoms with Crippen molar-refractivity contribution in [3.05, 3.63) is 53.8 Å². The zero-order valence-electron chi connectivity index (χ0n) is 11.8. The van der Waals surface area contributed by atoms with Gasteiger partial charge in [0.2, 0.25) is 0 Å². The highest BCUT2D eigenvalue weighted by molar-refractivity contribution is 6.01. The van der Waals surface area contributed by atoms with Crippen molar-refractivity contribution in [2.24, 2.45) is 0 Å². The minimum atomic E-state index is -0.553. The number of methoxy groups -OCH3 is 1. The van der Waals surface area contributed by atoms with Gasteiger partial charge in [0.15, 0.2) is 5.78 Å². The Morgan fingerprint density at radius 1 is 1.24 bits per heavy atom. The van der Waals surface area contributed by atoms with Crippen LogP contribution in [0.15, 0.2) is 42.5 Å². The number of aromatic hydroxyl groups is 1. The number of likely N-dealkylation sites (N-methyl/N-ethyl adjacent to an activating group) is 1. The number of carbonyl (C=O) groups is 1. The monoisotopic (exact) mass is 289 g/mol. The van der Waals surface area contributed by atoms with Gasteiger partial charge in [0.25, 0.3) is 0 Å². The first-order chi connectivity index (χ1) is 10.0. The number of phenols is 1. The summed E-state index contributed by atoms with van der Waals surface area (Å²) in [7, 11) is 3.32. The van der Waals surface area contributed by atoms with E-state index in [1.165, 1.54) is 6.07 Å². The van der Waals surface area contributed by atoms with E-state index in [4.69, 9.17) is 4.74 Å². The summed E-state index contributed by atoms with van der Waals surface area (Å²) in [5.74, 6) is -0.403. The van der Waals surface area contributed by atoms with Crippen LogP contribution in [0.1, 0.15) is 10.4 Å². The molecule has 0 fully saturated rings. The molecular weight excluding hydrogens is 273 g/mol. The van der Waals surface area contributed by atoms with Gasteiger partial charge in [-0.25, -0.2) is 4.39 Å². The molecular formula is C16H16FNO3. The number of anilines is 1. The number of hydrogen-bond acceptors (Lipinski definition) is 4. The van der Waals surface area contributed by atoms with Crippen LogP contribution in [0.25, 0.3) is 0 Å². The second-order valence-electron chi connectivity index (χ2n) is 4.64. The Morgan fingerprint density at radius 3 is 2.52 bits per heavy atom.